The van der Waals surface area contributed by atoms with Crippen LogP contribution >= 0.6 is 11.3 Å². The van der Waals surface area contributed by atoms with Crippen LogP contribution in [0.1, 0.15) is 35.3 Å². The standard InChI is InChI=1S/C20H21N3O3S/c1-13-7-3-4-8-14(13)15-11-23-17(12-27-20(23)21-15)18(24)22-10-6-5-9-16(22)19(25)26-2/h3-4,7-8,11-12,16H,5-6,9-10H2,1-2H3. The molecule has 27 heavy (non-hydrogen) atoms. The molecule has 0 aliphatic carbocycles. The van der Waals surface area contributed by atoms with E-state index in [4.69, 9.17) is 4.74 Å². The number of nitrogens with zero attached hydrogens (tertiary/aromatic N) is 3. The van der Waals surface area contributed by atoms with Gasteiger partial charge in [-0.15, -0.1) is 11.3 Å². The fourth-order valence-electron chi connectivity index (χ4n) is 3.63. The highest BCUT2D eigenvalue weighted by Crippen LogP contribution is 2.28. The number of aryl methyl sites for hydroxylation is 1. The van der Waals surface area contributed by atoms with Crippen molar-refractivity contribution in [2.75, 3.05) is 13.7 Å². The number of likely N-dealkylation sites (tertiary alicyclic amines) is 1. The lowest BCUT2D eigenvalue weighted by Crippen LogP contribution is -2.48. The van der Waals surface area contributed by atoms with Crippen LogP contribution in [0.2, 0.25) is 0 Å². The Labute approximate surface area is 161 Å². The minimum atomic E-state index is -0.509. The molecule has 1 aromatic carbocycles. The number of fused-ring (bicyclic) bond motifs is 1. The number of hydrogen-bond acceptors (Lipinski definition) is 5. The van der Waals surface area contributed by atoms with Gasteiger partial charge in [0.2, 0.25) is 0 Å². The molecule has 0 radical (unpaired) electrons. The van der Waals surface area contributed by atoms with Gasteiger partial charge in [0, 0.05) is 23.7 Å². The SMILES string of the molecule is COC(=O)C1CCCCN1C(=O)c1csc2nc(-c3ccccc3C)cn12. The van der Waals surface area contributed by atoms with E-state index in [0.717, 1.165) is 34.6 Å². The topological polar surface area (TPSA) is 63.9 Å². The third-order valence-corrected chi connectivity index (χ3v) is 5.93. The zero-order chi connectivity index (χ0) is 19.0. The number of aromatic nitrogens is 2. The molecule has 3 heterocycles. The second kappa shape index (κ2) is 7.15. The molecule has 0 saturated carbocycles. The summed E-state index contributed by atoms with van der Waals surface area (Å²) in [6.45, 7) is 2.61. The minimum Gasteiger partial charge on any atom is -0.467 e. The maximum Gasteiger partial charge on any atom is 0.328 e. The molecule has 0 spiro atoms. The normalized spacial score (nSPS) is 17.3. The van der Waals surface area contributed by atoms with Gasteiger partial charge < -0.3 is 9.64 Å². The van der Waals surface area contributed by atoms with Crippen LogP contribution < -0.4 is 0 Å². The zero-order valence-corrected chi connectivity index (χ0v) is 16.2. The van der Waals surface area contributed by atoms with Crippen molar-refractivity contribution < 1.29 is 14.3 Å². The molecule has 2 aromatic heterocycles. The summed E-state index contributed by atoms with van der Waals surface area (Å²) in [5.41, 5.74) is 3.57. The molecule has 1 fully saturated rings. The molecule has 1 atom stereocenters. The predicted molar refractivity (Wildman–Crippen MR) is 104 cm³/mol. The van der Waals surface area contributed by atoms with Crippen LogP contribution in [0.15, 0.2) is 35.8 Å². The molecule has 1 saturated heterocycles. The zero-order valence-electron chi connectivity index (χ0n) is 15.3. The Morgan fingerprint density at radius 2 is 2.07 bits per heavy atom. The van der Waals surface area contributed by atoms with E-state index in [9.17, 15) is 9.59 Å². The van der Waals surface area contributed by atoms with Gasteiger partial charge in [0.05, 0.1) is 12.8 Å². The molecule has 6 nitrogen and oxygen atoms in total. The summed E-state index contributed by atoms with van der Waals surface area (Å²) in [5, 5.41) is 1.81. The van der Waals surface area contributed by atoms with Crippen LogP contribution in [0.3, 0.4) is 0 Å². The van der Waals surface area contributed by atoms with E-state index in [1.54, 1.807) is 4.90 Å². The number of ether oxygens (including phenoxy) is 1. The fourth-order valence-corrected chi connectivity index (χ4v) is 4.48. The summed E-state index contributed by atoms with van der Waals surface area (Å²) < 4.78 is 6.73. The quantitative estimate of drug-likeness (QED) is 0.649. The van der Waals surface area contributed by atoms with Gasteiger partial charge in [0.25, 0.3) is 5.91 Å². The second-order valence-corrected chi connectivity index (χ2v) is 7.58. The van der Waals surface area contributed by atoms with E-state index in [1.165, 1.54) is 18.4 Å². The van der Waals surface area contributed by atoms with E-state index in [1.807, 2.05) is 47.2 Å². The summed E-state index contributed by atoms with van der Waals surface area (Å²) >= 11 is 1.43. The Hall–Kier alpha value is -2.67. The fraction of sp³-hybridized carbons (Fsp3) is 0.350. The van der Waals surface area contributed by atoms with Gasteiger partial charge in [-0.25, -0.2) is 9.78 Å². The molecular weight excluding hydrogens is 362 g/mol. The van der Waals surface area contributed by atoms with Crippen molar-refractivity contribution in [3.8, 4) is 11.3 Å². The number of carbonyl (C=O) groups excluding carboxylic acids is 2. The van der Waals surface area contributed by atoms with Crippen molar-refractivity contribution in [2.45, 2.75) is 32.2 Å². The number of esters is 1. The van der Waals surface area contributed by atoms with Crippen LogP contribution in [-0.4, -0.2) is 45.9 Å². The molecule has 1 aliphatic heterocycles. The van der Waals surface area contributed by atoms with Gasteiger partial charge in [-0.2, -0.15) is 0 Å². The van der Waals surface area contributed by atoms with Crippen molar-refractivity contribution in [2.24, 2.45) is 0 Å². The van der Waals surface area contributed by atoms with Crippen LogP contribution in [0.4, 0.5) is 0 Å². The first-order valence-corrected chi connectivity index (χ1v) is 9.89. The van der Waals surface area contributed by atoms with Crippen molar-refractivity contribution in [1.29, 1.82) is 0 Å². The number of rotatable bonds is 3. The van der Waals surface area contributed by atoms with E-state index < -0.39 is 6.04 Å². The first-order valence-electron chi connectivity index (χ1n) is 9.01. The maximum atomic E-state index is 13.2. The molecule has 1 amide bonds. The van der Waals surface area contributed by atoms with E-state index in [2.05, 4.69) is 4.98 Å². The van der Waals surface area contributed by atoms with Crippen LogP contribution in [-0.2, 0) is 9.53 Å². The number of hydrogen-bond donors (Lipinski definition) is 0. The lowest BCUT2D eigenvalue weighted by atomic mass is 10.0. The number of methoxy groups -OCH3 is 1. The number of benzene rings is 1. The van der Waals surface area contributed by atoms with Gasteiger partial charge in [-0.3, -0.25) is 9.20 Å². The lowest BCUT2D eigenvalue weighted by Gasteiger charge is -2.33. The van der Waals surface area contributed by atoms with Crippen molar-refractivity contribution >= 4 is 28.2 Å². The number of piperidine rings is 1. The van der Waals surface area contributed by atoms with E-state index in [-0.39, 0.29) is 11.9 Å². The Kier molecular flexibility index (Phi) is 4.70. The van der Waals surface area contributed by atoms with Crippen LogP contribution in [0.5, 0.6) is 0 Å². The summed E-state index contributed by atoms with van der Waals surface area (Å²) in [5.74, 6) is -0.495. The third-order valence-electron chi connectivity index (χ3n) is 5.09. The molecule has 140 valence electrons. The highest BCUT2D eigenvalue weighted by molar-refractivity contribution is 7.15. The predicted octanol–water partition coefficient (Wildman–Crippen LogP) is 3.54. The largest absolute Gasteiger partial charge is 0.467 e. The Balaban J connectivity index is 1.70. The summed E-state index contributed by atoms with van der Waals surface area (Å²) in [4.78, 5) is 32.4. The molecule has 0 bridgehead atoms. The van der Waals surface area contributed by atoms with Crippen LogP contribution in [0.25, 0.3) is 16.2 Å². The smallest absolute Gasteiger partial charge is 0.328 e. The van der Waals surface area contributed by atoms with Crippen LogP contribution in [0, 0.1) is 6.92 Å². The first kappa shape index (κ1) is 17.7. The highest BCUT2D eigenvalue weighted by Gasteiger charge is 2.34. The van der Waals surface area contributed by atoms with Gasteiger partial charge in [-0.1, -0.05) is 24.3 Å². The summed E-state index contributed by atoms with van der Waals surface area (Å²) in [6.07, 6.45) is 4.36. The number of imidazole rings is 1. The first-order chi connectivity index (χ1) is 13.1. The third kappa shape index (κ3) is 3.12. The van der Waals surface area contributed by atoms with Gasteiger partial charge >= 0.3 is 5.97 Å². The Bertz CT molecular complexity index is 1010. The van der Waals surface area contributed by atoms with Crippen molar-refractivity contribution in [3.63, 3.8) is 0 Å². The van der Waals surface area contributed by atoms with Gasteiger partial charge in [-0.05, 0) is 31.7 Å². The Morgan fingerprint density at radius 1 is 1.26 bits per heavy atom. The second-order valence-electron chi connectivity index (χ2n) is 6.75. The monoisotopic (exact) mass is 383 g/mol. The van der Waals surface area contributed by atoms with Crippen molar-refractivity contribution in [3.05, 3.63) is 47.1 Å². The lowest BCUT2D eigenvalue weighted by molar-refractivity contribution is -0.147. The minimum absolute atomic E-state index is 0.148. The van der Waals surface area contributed by atoms with Gasteiger partial charge in [0.1, 0.15) is 11.7 Å². The number of carbonyl (C=O) groups is 2. The molecule has 1 unspecified atom stereocenters. The van der Waals surface area contributed by atoms with Crippen molar-refractivity contribution in [1.82, 2.24) is 14.3 Å². The summed E-state index contributed by atoms with van der Waals surface area (Å²) in [6, 6.07) is 7.54. The van der Waals surface area contributed by atoms with E-state index >= 15 is 0 Å². The average Bonchev–Trinajstić information content (AvgIpc) is 3.28. The number of amides is 1. The molecular formula is C20H21N3O3S. The van der Waals surface area contributed by atoms with E-state index in [0.29, 0.717) is 18.7 Å². The molecule has 0 N–H and O–H groups in total. The molecule has 4 rings (SSSR count). The maximum absolute atomic E-state index is 13.2. The Morgan fingerprint density at radius 3 is 2.85 bits per heavy atom. The molecule has 3 aromatic rings. The van der Waals surface area contributed by atoms with Gasteiger partial charge in [0.15, 0.2) is 4.96 Å². The number of thiazole rings is 1. The summed E-state index contributed by atoms with van der Waals surface area (Å²) in [7, 11) is 1.37. The molecule has 1 aliphatic rings. The molecule has 7 heteroatoms. The average molecular weight is 383 g/mol. The highest BCUT2D eigenvalue weighted by atomic mass is 32.1.